The van der Waals surface area contributed by atoms with E-state index in [4.69, 9.17) is 0 Å². The molecule has 0 bridgehead atoms. The van der Waals surface area contributed by atoms with Crippen LogP contribution >= 0.6 is 23.1 Å². The largest absolute Gasteiger partial charge is 0.330 e. The molecular formula is C19H19N3OS2. The molecule has 25 heavy (non-hydrogen) atoms. The number of benzene rings is 2. The maximum atomic E-state index is 12.0. The molecule has 3 aromatic rings. The molecule has 4 nitrogen and oxygen atoms in total. The standard InChI is InChI=1S/C19H19N3OS2/c1-12-9-10-16(13(2)11-12)20-18-21-22-19(25-18)24-17(14(3)23)15-7-5-4-6-8-15/h4-11,17H,1-3H3,(H,20,21). The number of carbonyl (C=O) groups is 1. The van der Waals surface area contributed by atoms with Crippen LogP contribution in [0.1, 0.15) is 28.9 Å². The topological polar surface area (TPSA) is 54.9 Å². The molecule has 0 aliphatic rings. The zero-order valence-corrected chi connectivity index (χ0v) is 15.9. The highest BCUT2D eigenvalue weighted by molar-refractivity contribution is 8.01. The second-order valence-corrected chi connectivity index (χ2v) is 8.17. The number of hydrogen-bond acceptors (Lipinski definition) is 6. The van der Waals surface area contributed by atoms with Gasteiger partial charge >= 0.3 is 0 Å². The van der Waals surface area contributed by atoms with Gasteiger partial charge in [-0.15, -0.1) is 10.2 Å². The lowest BCUT2D eigenvalue weighted by Crippen LogP contribution is -2.04. The van der Waals surface area contributed by atoms with Crippen LogP contribution in [-0.4, -0.2) is 16.0 Å². The first-order valence-corrected chi connectivity index (χ1v) is 9.62. The minimum atomic E-state index is -0.261. The lowest BCUT2D eigenvalue weighted by Gasteiger charge is -2.11. The van der Waals surface area contributed by atoms with Crippen LogP contribution in [0.2, 0.25) is 0 Å². The molecule has 0 saturated heterocycles. The van der Waals surface area contributed by atoms with Crippen LogP contribution in [0.5, 0.6) is 0 Å². The van der Waals surface area contributed by atoms with E-state index >= 15 is 0 Å². The SMILES string of the molecule is CC(=O)C(Sc1nnc(Nc2ccc(C)cc2C)s1)c1ccccc1. The van der Waals surface area contributed by atoms with E-state index in [2.05, 4.69) is 41.5 Å². The smallest absolute Gasteiger partial charge is 0.210 e. The Morgan fingerprint density at radius 3 is 2.56 bits per heavy atom. The highest BCUT2D eigenvalue weighted by atomic mass is 32.2. The van der Waals surface area contributed by atoms with Gasteiger partial charge in [-0.2, -0.15) is 0 Å². The van der Waals surface area contributed by atoms with Crippen LogP contribution in [-0.2, 0) is 4.79 Å². The van der Waals surface area contributed by atoms with E-state index in [0.29, 0.717) is 0 Å². The number of nitrogens with one attached hydrogen (secondary N) is 1. The number of aryl methyl sites for hydroxylation is 2. The van der Waals surface area contributed by atoms with Crippen molar-refractivity contribution in [1.82, 2.24) is 10.2 Å². The number of anilines is 2. The third-order valence-electron chi connectivity index (χ3n) is 3.72. The number of aromatic nitrogens is 2. The summed E-state index contributed by atoms with van der Waals surface area (Å²) in [5, 5.41) is 12.2. The van der Waals surface area contributed by atoms with E-state index in [1.165, 1.54) is 28.7 Å². The monoisotopic (exact) mass is 369 g/mol. The Labute approximate surface area is 155 Å². The molecule has 1 aromatic heterocycles. The quantitative estimate of drug-likeness (QED) is 0.596. The molecule has 1 unspecified atom stereocenters. The van der Waals surface area contributed by atoms with Crippen LogP contribution in [0.4, 0.5) is 10.8 Å². The zero-order chi connectivity index (χ0) is 17.8. The second kappa shape index (κ2) is 7.80. The highest BCUT2D eigenvalue weighted by Crippen LogP contribution is 2.38. The number of carbonyl (C=O) groups excluding carboxylic acids is 1. The predicted octanol–water partition coefficient (Wildman–Crippen LogP) is 5.32. The number of thioether (sulfide) groups is 1. The molecule has 1 heterocycles. The summed E-state index contributed by atoms with van der Waals surface area (Å²) in [7, 11) is 0. The van der Waals surface area contributed by atoms with Gasteiger partial charge in [-0.3, -0.25) is 4.79 Å². The van der Waals surface area contributed by atoms with Gasteiger partial charge in [0.05, 0.1) is 5.25 Å². The molecule has 0 radical (unpaired) electrons. The summed E-state index contributed by atoms with van der Waals surface area (Å²) < 4.78 is 0.774. The van der Waals surface area contributed by atoms with Crippen molar-refractivity contribution in [3.63, 3.8) is 0 Å². The van der Waals surface area contributed by atoms with Crippen LogP contribution in [0.25, 0.3) is 0 Å². The molecule has 2 aromatic carbocycles. The van der Waals surface area contributed by atoms with E-state index in [9.17, 15) is 4.79 Å². The number of ketones is 1. The molecular weight excluding hydrogens is 350 g/mol. The van der Waals surface area contributed by atoms with Crippen molar-refractivity contribution >= 4 is 39.7 Å². The number of Topliss-reactive ketones (excluding diaryl/α,β-unsaturated/α-hetero) is 1. The van der Waals surface area contributed by atoms with Gasteiger partial charge in [-0.1, -0.05) is 71.1 Å². The Hall–Kier alpha value is -2.18. The summed E-state index contributed by atoms with van der Waals surface area (Å²) in [4.78, 5) is 12.0. The molecule has 128 valence electrons. The van der Waals surface area contributed by atoms with E-state index in [1.54, 1.807) is 6.92 Å². The first-order chi connectivity index (χ1) is 12.0. The van der Waals surface area contributed by atoms with Gasteiger partial charge in [-0.25, -0.2) is 0 Å². The third kappa shape index (κ3) is 4.46. The molecule has 0 amide bonds. The van der Waals surface area contributed by atoms with Gasteiger partial charge < -0.3 is 5.32 Å². The molecule has 1 atom stereocenters. The van der Waals surface area contributed by atoms with E-state index in [0.717, 1.165) is 26.3 Å². The summed E-state index contributed by atoms with van der Waals surface area (Å²) in [5.74, 6) is 0.107. The van der Waals surface area contributed by atoms with Crippen molar-refractivity contribution in [3.05, 3.63) is 65.2 Å². The molecule has 0 aliphatic carbocycles. The van der Waals surface area contributed by atoms with Crippen molar-refractivity contribution < 1.29 is 4.79 Å². The fourth-order valence-electron chi connectivity index (χ4n) is 2.49. The van der Waals surface area contributed by atoms with Gasteiger partial charge in [0.2, 0.25) is 5.13 Å². The third-order valence-corrected chi connectivity index (χ3v) is 6.02. The van der Waals surface area contributed by atoms with E-state index in [-0.39, 0.29) is 11.0 Å². The van der Waals surface area contributed by atoms with Crippen molar-refractivity contribution in [2.45, 2.75) is 30.4 Å². The van der Waals surface area contributed by atoms with Gasteiger partial charge in [-0.05, 0) is 38.0 Å². The Morgan fingerprint density at radius 2 is 1.88 bits per heavy atom. The summed E-state index contributed by atoms with van der Waals surface area (Å²) in [5.41, 5.74) is 4.39. The molecule has 0 aliphatic heterocycles. The molecule has 1 N–H and O–H groups in total. The van der Waals surface area contributed by atoms with Crippen LogP contribution < -0.4 is 5.32 Å². The summed E-state index contributed by atoms with van der Waals surface area (Å²) in [6.45, 7) is 5.75. The Balaban J connectivity index is 1.75. The van der Waals surface area contributed by atoms with Crippen molar-refractivity contribution in [2.75, 3.05) is 5.32 Å². The maximum absolute atomic E-state index is 12.0. The zero-order valence-electron chi connectivity index (χ0n) is 14.3. The average Bonchev–Trinajstić information content (AvgIpc) is 3.03. The van der Waals surface area contributed by atoms with Crippen LogP contribution in [0.15, 0.2) is 52.9 Å². The molecule has 0 spiro atoms. The lowest BCUT2D eigenvalue weighted by molar-refractivity contribution is -0.116. The van der Waals surface area contributed by atoms with Gasteiger partial charge in [0, 0.05) is 5.69 Å². The summed E-state index contributed by atoms with van der Waals surface area (Å²) in [6.07, 6.45) is 0. The van der Waals surface area contributed by atoms with Crippen molar-refractivity contribution in [1.29, 1.82) is 0 Å². The fourth-order valence-corrected chi connectivity index (χ4v) is 4.45. The van der Waals surface area contributed by atoms with Gasteiger partial charge in [0.15, 0.2) is 4.34 Å². The number of rotatable bonds is 6. The first kappa shape index (κ1) is 17.6. The normalized spacial score (nSPS) is 12.0. The first-order valence-electron chi connectivity index (χ1n) is 7.93. The minimum Gasteiger partial charge on any atom is -0.330 e. The Bertz CT molecular complexity index is 877. The van der Waals surface area contributed by atoms with Crippen LogP contribution in [0, 0.1) is 13.8 Å². The average molecular weight is 370 g/mol. The second-order valence-electron chi connectivity index (χ2n) is 5.84. The fraction of sp³-hybridized carbons (Fsp3) is 0.211. The highest BCUT2D eigenvalue weighted by Gasteiger charge is 2.20. The lowest BCUT2D eigenvalue weighted by atomic mass is 10.1. The predicted molar refractivity (Wildman–Crippen MR) is 105 cm³/mol. The molecule has 0 saturated carbocycles. The van der Waals surface area contributed by atoms with E-state index < -0.39 is 0 Å². The van der Waals surface area contributed by atoms with Gasteiger partial charge in [0.1, 0.15) is 5.78 Å². The summed E-state index contributed by atoms with van der Waals surface area (Å²) in [6, 6.07) is 16.0. The van der Waals surface area contributed by atoms with Crippen molar-refractivity contribution in [2.24, 2.45) is 0 Å². The maximum Gasteiger partial charge on any atom is 0.210 e. The molecule has 0 fully saturated rings. The molecule has 6 heteroatoms. The number of nitrogens with zero attached hydrogens (tertiary/aromatic N) is 2. The summed E-state index contributed by atoms with van der Waals surface area (Å²) >= 11 is 2.90. The Kier molecular flexibility index (Phi) is 5.50. The minimum absolute atomic E-state index is 0.107. The molecule has 3 rings (SSSR count). The Morgan fingerprint density at radius 1 is 1.12 bits per heavy atom. The van der Waals surface area contributed by atoms with E-state index in [1.807, 2.05) is 36.4 Å². The van der Waals surface area contributed by atoms with Gasteiger partial charge in [0.25, 0.3) is 0 Å². The van der Waals surface area contributed by atoms with Crippen LogP contribution in [0.3, 0.4) is 0 Å². The van der Waals surface area contributed by atoms with Crippen molar-refractivity contribution in [3.8, 4) is 0 Å². The number of hydrogen-bond donors (Lipinski definition) is 1.